The number of allylic oxidation sites excluding steroid dienone is 2. The van der Waals surface area contributed by atoms with Gasteiger partial charge in [-0.15, -0.1) is 0 Å². The largest absolute Gasteiger partial charge is 0.374 e. The highest BCUT2D eigenvalue weighted by molar-refractivity contribution is 5.52. The van der Waals surface area contributed by atoms with Crippen molar-refractivity contribution < 1.29 is 4.74 Å². The molecule has 0 N–H and O–H groups in total. The zero-order chi connectivity index (χ0) is 19.3. The van der Waals surface area contributed by atoms with Crippen LogP contribution >= 0.6 is 0 Å². The number of hydrogen-bond donors (Lipinski definition) is 0. The van der Waals surface area contributed by atoms with Crippen molar-refractivity contribution in [3.05, 3.63) is 53.1 Å². The van der Waals surface area contributed by atoms with E-state index in [1.807, 2.05) is 0 Å². The molecule has 1 aromatic carbocycles. The molecular formula is C27H38O. The fraction of sp³-hybridized carbons (Fsp3) is 0.630. The predicted molar refractivity (Wildman–Crippen MR) is 119 cm³/mol. The van der Waals surface area contributed by atoms with E-state index in [0.29, 0.717) is 6.10 Å². The molecule has 0 aromatic heterocycles. The second-order valence-corrected chi connectivity index (χ2v) is 9.46. The Hall–Kier alpha value is -1.34. The molecule has 0 aliphatic heterocycles. The van der Waals surface area contributed by atoms with Crippen molar-refractivity contribution in [2.75, 3.05) is 6.61 Å². The second-order valence-electron chi connectivity index (χ2n) is 9.46. The van der Waals surface area contributed by atoms with Crippen molar-refractivity contribution in [3.8, 4) is 0 Å². The number of ether oxygens (including phenoxy) is 1. The van der Waals surface area contributed by atoms with Gasteiger partial charge in [0.1, 0.15) is 0 Å². The lowest BCUT2D eigenvalue weighted by Gasteiger charge is -2.44. The van der Waals surface area contributed by atoms with E-state index in [0.717, 1.165) is 30.3 Å². The van der Waals surface area contributed by atoms with E-state index in [1.165, 1.54) is 63.4 Å². The first-order valence-corrected chi connectivity index (χ1v) is 11.7. The van der Waals surface area contributed by atoms with E-state index in [9.17, 15) is 0 Å². The fourth-order valence-electron chi connectivity index (χ4n) is 6.25. The van der Waals surface area contributed by atoms with Crippen molar-refractivity contribution in [1.82, 2.24) is 0 Å². The van der Waals surface area contributed by atoms with Gasteiger partial charge in [0, 0.05) is 0 Å². The fourth-order valence-corrected chi connectivity index (χ4v) is 6.25. The number of aryl methyl sites for hydroxylation is 1. The van der Waals surface area contributed by atoms with Gasteiger partial charge in [0.2, 0.25) is 0 Å². The normalized spacial score (nSPS) is 33.1. The maximum atomic E-state index is 6.09. The molecule has 3 aliphatic rings. The lowest BCUT2D eigenvalue weighted by molar-refractivity contribution is -0.0138. The summed E-state index contributed by atoms with van der Waals surface area (Å²) in [5.41, 5.74) is 4.61. The van der Waals surface area contributed by atoms with Crippen molar-refractivity contribution in [1.29, 1.82) is 0 Å². The highest BCUT2D eigenvalue weighted by Gasteiger charge is 2.38. The molecule has 0 radical (unpaired) electrons. The molecule has 1 aromatic rings. The third kappa shape index (κ3) is 4.62. The molecule has 4 rings (SSSR count). The van der Waals surface area contributed by atoms with E-state index in [4.69, 9.17) is 4.74 Å². The Labute approximate surface area is 172 Å². The Kier molecular flexibility index (Phi) is 6.73. The van der Waals surface area contributed by atoms with E-state index in [-0.39, 0.29) is 0 Å². The molecule has 5 atom stereocenters. The SMILES string of the molecule is CC=CCOC1CCC2CC(C3CCc4cc(C=CC)ccc4C3)CCC2C1. The minimum Gasteiger partial charge on any atom is -0.374 e. The van der Waals surface area contributed by atoms with E-state index in [2.05, 4.69) is 56.4 Å². The lowest BCUT2D eigenvalue weighted by atomic mass is 9.62. The topological polar surface area (TPSA) is 9.23 Å². The van der Waals surface area contributed by atoms with Crippen LogP contribution in [0.1, 0.15) is 75.5 Å². The van der Waals surface area contributed by atoms with Gasteiger partial charge in [-0.2, -0.15) is 0 Å². The highest BCUT2D eigenvalue weighted by atomic mass is 16.5. The highest BCUT2D eigenvalue weighted by Crippen LogP contribution is 2.47. The van der Waals surface area contributed by atoms with Gasteiger partial charge >= 0.3 is 0 Å². The van der Waals surface area contributed by atoms with Crippen LogP contribution in [0.15, 0.2) is 36.4 Å². The van der Waals surface area contributed by atoms with Crippen LogP contribution < -0.4 is 0 Å². The summed E-state index contributed by atoms with van der Waals surface area (Å²) in [5, 5.41) is 0. The van der Waals surface area contributed by atoms with Crippen LogP contribution in [0.25, 0.3) is 6.08 Å². The van der Waals surface area contributed by atoms with Crippen LogP contribution in [0.3, 0.4) is 0 Å². The molecule has 0 saturated heterocycles. The standard InChI is InChI=1S/C27H38O/c1-3-5-15-28-27-14-13-25-18-24(11-12-26(25)19-27)23-10-9-21-16-20(6-4-2)7-8-22(21)17-23/h3-8,16,23-27H,9-15,17-19H2,1-2H3. The molecule has 5 unspecified atom stereocenters. The molecule has 0 heterocycles. The Bertz CT molecular complexity index is 700. The smallest absolute Gasteiger partial charge is 0.0651 e. The van der Waals surface area contributed by atoms with Crippen molar-refractivity contribution >= 4 is 6.08 Å². The molecule has 0 bridgehead atoms. The number of rotatable bonds is 5. The quantitative estimate of drug-likeness (QED) is 0.501. The van der Waals surface area contributed by atoms with Crippen LogP contribution in [0.5, 0.6) is 0 Å². The van der Waals surface area contributed by atoms with E-state index in [1.54, 1.807) is 11.1 Å². The van der Waals surface area contributed by atoms with Gasteiger partial charge in [0.15, 0.2) is 0 Å². The van der Waals surface area contributed by atoms with Crippen LogP contribution in [0.2, 0.25) is 0 Å². The summed E-state index contributed by atoms with van der Waals surface area (Å²) >= 11 is 0. The monoisotopic (exact) mass is 378 g/mol. The summed E-state index contributed by atoms with van der Waals surface area (Å²) in [7, 11) is 0. The first kappa shape index (κ1) is 20.0. The van der Waals surface area contributed by atoms with Gasteiger partial charge in [-0.25, -0.2) is 0 Å². The van der Waals surface area contributed by atoms with Crippen LogP contribution in [-0.2, 0) is 17.6 Å². The lowest BCUT2D eigenvalue weighted by Crippen LogP contribution is -2.37. The average Bonchev–Trinajstić information content (AvgIpc) is 2.73. The second kappa shape index (κ2) is 9.44. The van der Waals surface area contributed by atoms with Crippen molar-refractivity contribution in [2.45, 2.75) is 77.7 Å². The minimum absolute atomic E-state index is 0.516. The maximum absolute atomic E-state index is 6.09. The Balaban J connectivity index is 1.32. The van der Waals surface area contributed by atoms with E-state index >= 15 is 0 Å². The van der Waals surface area contributed by atoms with Gasteiger partial charge in [-0.1, -0.05) is 42.5 Å². The maximum Gasteiger partial charge on any atom is 0.0651 e. The molecule has 1 nitrogen and oxygen atoms in total. The Morgan fingerprint density at radius 1 is 0.857 bits per heavy atom. The first-order valence-electron chi connectivity index (χ1n) is 11.7. The molecule has 2 saturated carbocycles. The number of fused-ring (bicyclic) bond motifs is 2. The molecule has 28 heavy (non-hydrogen) atoms. The molecule has 0 amide bonds. The average molecular weight is 379 g/mol. The van der Waals surface area contributed by atoms with Gasteiger partial charge in [-0.05, 0) is 112 Å². The third-order valence-electron chi connectivity index (χ3n) is 7.79. The third-order valence-corrected chi connectivity index (χ3v) is 7.79. The van der Waals surface area contributed by atoms with E-state index < -0.39 is 0 Å². The Morgan fingerprint density at radius 3 is 2.46 bits per heavy atom. The molecule has 0 spiro atoms. The summed E-state index contributed by atoms with van der Waals surface area (Å²) in [6.45, 7) is 4.98. The minimum atomic E-state index is 0.516. The summed E-state index contributed by atoms with van der Waals surface area (Å²) in [4.78, 5) is 0. The van der Waals surface area contributed by atoms with Crippen molar-refractivity contribution in [3.63, 3.8) is 0 Å². The van der Waals surface area contributed by atoms with Crippen molar-refractivity contribution in [2.24, 2.45) is 23.7 Å². The summed E-state index contributed by atoms with van der Waals surface area (Å²) < 4.78 is 6.09. The van der Waals surface area contributed by atoms with Gasteiger partial charge in [-0.3, -0.25) is 0 Å². The van der Waals surface area contributed by atoms with Gasteiger partial charge in [0.25, 0.3) is 0 Å². The molecule has 152 valence electrons. The van der Waals surface area contributed by atoms with Crippen LogP contribution in [0.4, 0.5) is 0 Å². The van der Waals surface area contributed by atoms with Crippen LogP contribution in [-0.4, -0.2) is 12.7 Å². The van der Waals surface area contributed by atoms with Gasteiger partial charge < -0.3 is 4.74 Å². The first-order chi connectivity index (χ1) is 13.8. The van der Waals surface area contributed by atoms with Gasteiger partial charge in [0.05, 0.1) is 12.7 Å². The summed E-state index contributed by atoms with van der Waals surface area (Å²) in [6.07, 6.45) is 21.5. The molecule has 2 fully saturated rings. The predicted octanol–water partition coefficient (Wildman–Crippen LogP) is 7.00. The molecular weight excluding hydrogens is 340 g/mol. The zero-order valence-corrected chi connectivity index (χ0v) is 17.9. The number of benzene rings is 1. The zero-order valence-electron chi connectivity index (χ0n) is 17.9. The van der Waals surface area contributed by atoms with Crippen LogP contribution in [0, 0.1) is 23.7 Å². The molecule has 1 heteroatoms. The summed E-state index contributed by atoms with van der Waals surface area (Å²) in [5.74, 6) is 3.79. The number of hydrogen-bond acceptors (Lipinski definition) is 1. The molecule has 3 aliphatic carbocycles. The Morgan fingerprint density at radius 2 is 1.64 bits per heavy atom. The summed E-state index contributed by atoms with van der Waals surface area (Å²) in [6, 6.07) is 7.15.